The molecule has 3 aromatic carbocycles. The number of hydrogen-bond donors (Lipinski definition) is 1. The van der Waals surface area contributed by atoms with E-state index in [1.807, 2.05) is 0 Å². The normalized spacial score (nSPS) is 13.6. The van der Waals surface area contributed by atoms with Gasteiger partial charge in [0.1, 0.15) is 24.2 Å². The number of methoxy groups -OCH3 is 1. The van der Waals surface area contributed by atoms with Gasteiger partial charge in [-0.3, -0.25) is 0 Å². The highest BCUT2D eigenvalue weighted by atomic mass is 35.5. The van der Waals surface area contributed by atoms with Gasteiger partial charge in [-0.15, -0.1) is 0 Å². The fourth-order valence-corrected chi connectivity index (χ4v) is 5.32. The Kier molecular flexibility index (Phi) is 13.7. The number of nitrogens with two attached hydrogens (primary N) is 1. The van der Waals surface area contributed by atoms with Crippen molar-refractivity contribution in [2.75, 3.05) is 12.9 Å². The lowest BCUT2D eigenvalue weighted by Crippen LogP contribution is -3.00. The van der Waals surface area contributed by atoms with Crippen LogP contribution in [0.2, 0.25) is 0 Å². The first-order valence-corrected chi connectivity index (χ1v) is 15.2. The number of alkyl halides is 9. The molecule has 0 unspecified atom stereocenters. The van der Waals surface area contributed by atoms with Crippen LogP contribution in [-0.2, 0) is 29.8 Å². The summed E-state index contributed by atoms with van der Waals surface area (Å²) in [5.74, 6) is -0.698. The number of thioether (sulfide) groups is 1. The molecule has 3 aromatic rings. The minimum atomic E-state index is -5.17. The van der Waals surface area contributed by atoms with Crippen molar-refractivity contribution in [1.82, 2.24) is 0 Å². The maximum Gasteiger partial charge on any atom is 0.416 e. The highest BCUT2D eigenvalue weighted by molar-refractivity contribution is 8.13. The van der Waals surface area contributed by atoms with E-state index in [9.17, 15) is 48.7 Å². The van der Waals surface area contributed by atoms with Crippen molar-refractivity contribution < 1.29 is 75.9 Å². The van der Waals surface area contributed by atoms with E-state index in [1.54, 1.807) is 20.8 Å². The largest absolute Gasteiger partial charge is 1.00 e. The summed E-state index contributed by atoms with van der Waals surface area (Å²) >= 11 is 0.630. The standard InChI is InChI=1S/C32H31F10NO3S.ClH/c1-6-47-29(44)46-28(18-9-21(31(37,38)39)12-22(10-18)32(40,41)42)17(4)43-15-19-11-20(30(34,35)36)7-8-23(19)25-13-24(16(2)3)26(33)14-27(25)45-5;/h7-14,16-17,28,43H,6,15H2,1-5H3;1H/t17-,28-;/m0./s1. The third-order valence-electron chi connectivity index (χ3n) is 7.27. The molecule has 3 rings (SSSR count). The average molecular weight is 736 g/mol. The molecular formula is C32H32ClF10NO3S. The van der Waals surface area contributed by atoms with Crippen LogP contribution >= 0.6 is 11.8 Å². The highest BCUT2D eigenvalue weighted by Gasteiger charge is 2.39. The van der Waals surface area contributed by atoms with Gasteiger partial charge in [0.25, 0.3) is 0 Å². The fourth-order valence-electron chi connectivity index (χ4n) is 4.91. The molecule has 0 fully saturated rings. The third-order valence-corrected chi connectivity index (χ3v) is 7.90. The second kappa shape index (κ2) is 16.0. The lowest BCUT2D eigenvalue weighted by atomic mass is 9.92. The van der Waals surface area contributed by atoms with Gasteiger partial charge >= 0.3 is 23.8 Å². The van der Waals surface area contributed by atoms with Crippen LogP contribution in [0.15, 0.2) is 48.5 Å². The Morgan fingerprint density at radius 1 is 0.812 bits per heavy atom. The maximum absolute atomic E-state index is 14.8. The van der Waals surface area contributed by atoms with E-state index in [2.05, 4.69) is 0 Å². The van der Waals surface area contributed by atoms with Crippen LogP contribution < -0.4 is 22.5 Å². The van der Waals surface area contributed by atoms with Crippen molar-refractivity contribution in [2.45, 2.75) is 70.8 Å². The molecule has 0 heterocycles. The van der Waals surface area contributed by atoms with E-state index in [4.69, 9.17) is 9.47 Å². The number of ether oxygens (including phenoxy) is 2. The SMILES string of the molecule is CCSC(=O)O[C@H](c1cc(C(F)(F)F)cc(C(F)(F)F)c1)[C@H](C)[NH2+]Cc1cc(C(F)(F)F)ccc1-c1cc(C(C)C)c(F)cc1OC.[Cl-]. The second-order valence-corrected chi connectivity index (χ2v) is 12.2. The molecule has 0 aliphatic heterocycles. The minimum Gasteiger partial charge on any atom is -1.00 e. The summed E-state index contributed by atoms with van der Waals surface area (Å²) in [4.78, 5) is 12.5. The summed E-state index contributed by atoms with van der Waals surface area (Å²) in [6, 6.07) is 5.12. The van der Waals surface area contributed by atoms with Crippen LogP contribution in [0, 0.1) is 5.82 Å². The van der Waals surface area contributed by atoms with Crippen LogP contribution in [0.1, 0.15) is 73.1 Å². The summed E-state index contributed by atoms with van der Waals surface area (Å²) in [6.45, 7) is 6.05. The minimum absolute atomic E-state index is 0. The fraction of sp³-hybridized carbons (Fsp3) is 0.406. The topological polar surface area (TPSA) is 52.1 Å². The molecule has 2 atom stereocenters. The molecule has 0 radical (unpaired) electrons. The van der Waals surface area contributed by atoms with Crippen molar-refractivity contribution in [3.63, 3.8) is 0 Å². The van der Waals surface area contributed by atoms with Crippen molar-refractivity contribution in [3.05, 3.63) is 87.7 Å². The lowest BCUT2D eigenvalue weighted by molar-refractivity contribution is -0.708. The first-order chi connectivity index (χ1) is 21.7. The number of halogens is 11. The quantitative estimate of drug-likeness (QED) is 0.185. The molecule has 0 aromatic heterocycles. The van der Waals surface area contributed by atoms with Gasteiger partial charge in [0, 0.05) is 22.9 Å². The zero-order chi connectivity index (χ0) is 35.5. The van der Waals surface area contributed by atoms with Crippen LogP contribution in [0.5, 0.6) is 5.75 Å². The zero-order valence-electron chi connectivity index (χ0n) is 26.1. The van der Waals surface area contributed by atoms with E-state index < -0.39 is 64.0 Å². The lowest BCUT2D eigenvalue weighted by Gasteiger charge is -2.25. The summed E-state index contributed by atoms with van der Waals surface area (Å²) in [7, 11) is 1.25. The number of rotatable bonds is 10. The Morgan fingerprint density at radius 3 is 1.85 bits per heavy atom. The van der Waals surface area contributed by atoms with E-state index in [-0.39, 0.29) is 64.7 Å². The second-order valence-electron chi connectivity index (χ2n) is 11.0. The number of quaternary nitrogens is 1. The number of hydrogen-bond acceptors (Lipinski definition) is 4. The monoisotopic (exact) mass is 735 g/mol. The Balaban J connectivity index is 0.00000800. The van der Waals surface area contributed by atoms with Gasteiger partial charge in [-0.25, -0.2) is 9.18 Å². The van der Waals surface area contributed by atoms with E-state index in [0.717, 1.165) is 18.2 Å². The summed E-state index contributed by atoms with van der Waals surface area (Å²) in [5, 5.41) is 0.362. The smallest absolute Gasteiger partial charge is 0.416 e. The molecule has 0 saturated heterocycles. The highest BCUT2D eigenvalue weighted by Crippen LogP contribution is 2.41. The first kappa shape index (κ1) is 41.0. The third kappa shape index (κ3) is 10.2. The van der Waals surface area contributed by atoms with Gasteiger partial charge < -0.3 is 27.2 Å². The van der Waals surface area contributed by atoms with Gasteiger partial charge in [0.05, 0.1) is 23.8 Å². The summed E-state index contributed by atoms with van der Waals surface area (Å²) in [5.41, 5.74) is -4.10. The zero-order valence-corrected chi connectivity index (χ0v) is 27.7. The molecule has 0 spiro atoms. The van der Waals surface area contributed by atoms with Crippen LogP contribution in [0.25, 0.3) is 11.1 Å². The molecule has 0 saturated carbocycles. The van der Waals surface area contributed by atoms with Gasteiger partial charge in [0.2, 0.25) is 0 Å². The van der Waals surface area contributed by atoms with Crippen LogP contribution in [-0.4, -0.2) is 24.2 Å². The number of benzene rings is 3. The molecule has 0 aliphatic carbocycles. The van der Waals surface area contributed by atoms with Gasteiger partial charge in [-0.1, -0.05) is 26.8 Å². The van der Waals surface area contributed by atoms with E-state index in [0.29, 0.717) is 23.9 Å². The van der Waals surface area contributed by atoms with Crippen molar-refractivity contribution in [1.29, 1.82) is 0 Å². The molecule has 16 heteroatoms. The molecule has 0 aliphatic rings. The summed E-state index contributed by atoms with van der Waals surface area (Å²) in [6.07, 6.45) is -16.8. The molecule has 48 heavy (non-hydrogen) atoms. The van der Waals surface area contributed by atoms with Crippen molar-refractivity contribution in [3.8, 4) is 16.9 Å². The van der Waals surface area contributed by atoms with E-state index in [1.165, 1.54) is 31.5 Å². The van der Waals surface area contributed by atoms with Crippen molar-refractivity contribution >= 4 is 17.1 Å². The predicted molar refractivity (Wildman–Crippen MR) is 156 cm³/mol. The molecule has 0 amide bonds. The van der Waals surface area contributed by atoms with Crippen LogP contribution in [0.4, 0.5) is 48.7 Å². The van der Waals surface area contributed by atoms with E-state index >= 15 is 0 Å². The molecule has 4 nitrogen and oxygen atoms in total. The summed E-state index contributed by atoms with van der Waals surface area (Å²) < 4.78 is 149. The predicted octanol–water partition coefficient (Wildman–Crippen LogP) is 6.77. The maximum atomic E-state index is 14.8. The van der Waals surface area contributed by atoms with Gasteiger partial charge in [-0.2, -0.15) is 39.5 Å². The number of carbonyl (C=O) groups excluding carboxylic acids is 1. The Morgan fingerprint density at radius 2 is 1.38 bits per heavy atom. The molecule has 0 bridgehead atoms. The molecular weight excluding hydrogens is 704 g/mol. The van der Waals surface area contributed by atoms with Crippen LogP contribution in [0.3, 0.4) is 0 Å². The first-order valence-electron chi connectivity index (χ1n) is 14.2. The Bertz CT molecular complexity index is 1540. The van der Waals surface area contributed by atoms with Gasteiger partial charge in [-0.05, 0) is 77.7 Å². The molecule has 2 N–H and O–H groups in total. The number of carbonyl (C=O) groups is 1. The van der Waals surface area contributed by atoms with Crippen molar-refractivity contribution in [2.24, 2.45) is 0 Å². The van der Waals surface area contributed by atoms with Gasteiger partial charge in [0.15, 0.2) is 6.10 Å². The molecule has 266 valence electrons. The Labute approximate surface area is 281 Å². The Hall–Kier alpha value is -3.17. The average Bonchev–Trinajstić information content (AvgIpc) is 2.96.